The summed E-state index contributed by atoms with van der Waals surface area (Å²) >= 11 is 0. The Morgan fingerprint density at radius 2 is 2.27 bits per heavy atom. The second kappa shape index (κ2) is 4.23. The summed E-state index contributed by atoms with van der Waals surface area (Å²) < 4.78 is 2.04. The first-order chi connectivity index (χ1) is 7.29. The number of aromatic nitrogens is 3. The van der Waals surface area contributed by atoms with Crippen molar-refractivity contribution in [2.45, 2.75) is 20.0 Å². The van der Waals surface area contributed by atoms with Crippen LogP contribution in [0.4, 0.5) is 0 Å². The highest BCUT2D eigenvalue weighted by molar-refractivity contribution is 5.17. The van der Waals surface area contributed by atoms with Gasteiger partial charge in [-0.2, -0.15) is 0 Å². The molecule has 0 amide bonds. The van der Waals surface area contributed by atoms with Crippen molar-refractivity contribution in [2.75, 3.05) is 0 Å². The Kier molecular flexibility index (Phi) is 2.78. The van der Waals surface area contributed by atoms with E-state index in [-0.39, 0.29) is 0 Å². The van der Waals surface area contributed by atoms with Gasteiger partial charge in [0.25, 0.3) is 0 Å². The molecule has 2 aromatic rings. The van der Waals surface area contributed by atoms with Gasteiger partial charge in [-0.25, -0.2) is 4.98 Å². The van der Waals surface area contributed by atoms with Gasteiger partial charge < -0.3 is 10.3 Å². The van der Waals surface area contributed by atoms with Crippen molar-refractivity contribution < 1.29 is 0 Å². The minimum Gasteiger partial charge on any atom is -0.329 e. The molecule has 0 aromatic carbocycles. The number of hydrogen-bond donors (Lipinski definition) is 1. The Labute approximate surface area is 88.8 Å². The molecular formula is C11H14N4. The minimum absolute atomic E-state index is 0.465. The highest BCUT2D eigenvalue weighted by atomic mass is 15.1. The number of imidazole rings is 1. The molecule has 0 fully saturated rings. The first-order valence-electron chi connectivity index (χ1n) is 4.90. The van der Waals surface area contributed by atoms with Gasteiger partial charge in [0.15, 0.2) is 0 Å². The zero-order valence-corrected chi connectivity index (χ0v) is 8.72. The molecule has 0 bridgehead atoms. The Morgan fingerprint density at radius 3 is 3.00 bits per heavy atom. The summed E-state index contributed by atoms with van der Waals surface area (Å²) in [4.78, 5) is 8.33. The van der Waals surface area contributed by atoms with Crippen LogP contribution in [-0.4, -0.2) is 14.5 Å². The third-order valence-corrected chi connectivity index (χ3v) is 2.27. The molecule has 0 atom stereocenters. The molecule has 0 aliphatic carbocycles. The molecule has 0 aliphatic rings. The van der Waals surface area contributed by atoms with E-state index >= 15 is 0 Å². The molecule has 2 heterocycles. The van der Waals surface area contributed by atoms with Crippen molar-refractivity contribution in [2.24, 2.45) is 5.73 Å². The van der Waals surface area contributed by atoms with E-state index in [2.05, 4.69) is 16.0 Å². The SMILES string of the molecule is Cc1cncc(Cn2ccnc2CN)c1. The molecule has 0 saturated heterocycles. The van der Waals surface area contributed by atoms with E-state index in [0.717, 1.165) is 12.4 Å². The maximum Gasteiger partial charge on any atom is 0.122 e. The average molecular weight is 202 g/mol. The topological polar surface area (TPSA) is 56.7 Å². The number of hydrogen-bond acceptors (Lipinski definition) is 3. The summed E-state index contributed by atoms with van der Waals surface area (Å²) in [7, 11) is 0. The third kappa shape index (κ3) is 2.22. The molecule has 0 aliphatic heterocycles. The summed E-state index contributed by atoms with van der Waals surface area (Å²) in [6.07, 6.45) is 7.42. The highest BCUT2D eigenvalue weighted by Crippen LogP contribution is 2.06. The van der Waals surface area contributed by atoms with Crippen molar-refractivity contribution >= 4 is 0 Å². The van der Waals surface area contributed by atoms with Gasteiger partial charge in [0, 0.05) is 24.8 Å². The fourth-order valence-corrected chi connectivity index (χ4v) is 1.57. The van der Waals surface area contributed by atoms with Gasteiger partial charge in [0.05, 0.1) is 13.1 Å². The van der Waals surface area contributed by atoms with Gasteiger partial charge >= 0.3 is 0 Å². The standard InChI is InChI=1S/C11H14N4/c1-9-4-10(7-13-6-9)8-15-3-2-14-11(15)5-12/h2-4,6-7H,5,8,12H2,1H3. The summed E-state index contributed by atoms with van der Waals surface area (Å²) in [5, 5.41) is 0. The molecule has 15 heavy (non-hydrogen) atoms. The second-order valence-corrected chi connectivity index (χ2v) is 3.55. The zero-order valence-electron chi connectivity index (χ0n) is 8.72. The van der Waals surface area contributed by atoms with Gasteiger partial charge in [0.1, 0.15) is 5.82 Å². The number of rotatable bonds is 3. The van der Waals surface area contributed by atoms with Gasteiger partial charge in [0.2, 0.25) is 0 Å². The Bertz CT molecular complexity index is 447. The minimum atomic E-state index is 0.465. The number of aryl methyl sites for hydroxylation is 1. The maximum atomic E-state index is 5.58. The predicted molar refractivity (Wildman–Crippen MR) is 58.2 cm³/mol. The van der Waals surface area contributed by atoms with Crippen LogP contribution in [0.2, 0.25) is 0 Å². The fraction of sp³-hybridized carbons (Fsp3) is 0.273. The largest absolute Gasteiger partial charge is 0.329 e. The highest BCUT2D eigenvalue weighted by Gasteiger charge is 2.01. The zero-order chi connectivity index (χ0) is 10.7. The van der Waals surface area contributed by atoms with Crippen LogP contribution in [0.1, 0.15) is 17.0 Å². The van der Waals surface area contributed by atoms with Crippen LogP contribution in [-0.2, 0) is 13.1 Å². The van der Waals surface area contributed by atoms with Crippen molar-refractivity contribution in [3.63, 3.8) is 0 Å². The van der Waals surface area contributed by atoms with Gasteiger partial charge in [-0.05, 0) is 18.1 Å². The van der Waals surface area contributed by atoms with Gasteiger partial charge in [-0.3, -0.25) is 4.98 Å². The Hall–Kier alpha value is -1.68. The van der Waals surface area contributed by atoms with Crippen molar-refractivity contribution in [1.82, 2.24) is 14.5 Å². The van der Waals surface area contributed by atoms with Crippen LogP contribution < -0.4 is 5.73 Å². The Balaban J connectivity index is 2.22. The maximum absolute atomic E-state index is 5.58. The van der Waals surface area contributed by atoms with Gasteiger partial charge in [-0.1, -0.05) is 6.07 Å². The molecule has 2 aromatic heterocycles. The predicted octanol–water partition coefficient (Wildman–Crippen LogP) is 1.09. The molecular weight excluding hydrogens is 188 g/mol. The molecule has 0 saturated carbocycles. The van der Waals surface area contributed by atoms with E-state index in [1.165, 1.54) is 11.1 Å². The lowest BCUT2D eigenvalue weighted by molar-refractivity contribution is 0.721. The molecule has 0 radical (unpaired) electrons. The van der Waals surface area contributed by atoms with E-state index in [1.54, 1.807) is 6.20 Å². The van der Waals surface area contributed by atoms with E-state index < -0.39 is 0 Å². The summed E-state index contributed by atoms with van der Waals surface area (Å²) in [6, 6.07) is 2.12. The monoisotopic (exact) mass is 202 g/mol. The first-order valence-corrected chi connectivity index (χ1v) is 4.90. The molecule has 4 heteroatoms. The van der Waals surface area contributed by atoms with Crippen LogP contribution in [0.3, 0.4) is 0 Å². The second-order valence-electron chi connectivity index (χ2n) is 3.55. The molecule has 2 N–H and O–H groups in total. The smallest absolute Gasteiger partial charge is 0.122 e. The molecule has 78 valence electrons. The summed E-state index contributed by atoms with van der Waals surface area (Å²) in [5.41, 5.74) is 7.92. The lowest BCUT2D eigenvalue weighted by Gasteiger charge is -2.06. The Morgan fingerprint density at radius 1 is 1.40 bits per heavy atom. The van der Waals surface area contributed by atoms with Crippen LogP contribution in [0.25, 0.3) is 0 Å². The average Bonchev–Trinajstić information content (AvgIpc) is 2.65. The molecule has 4 nitrogen and oxygen atoms in total. The van der Waals surface area contributed by atoms with E-state index in [0.29, 0.717) is 6.54 Å². The van der Waals surface area contributed by atoms with E-state index in [1.807, 2.05) is 30.1 Å². The lowest BCUT2D eigenvalue weighted by Crippen LogP contribution is -2.09. The van der Waals surface area contributed by atoms with Crippen LogP contribution in [0, 0.1) is 6.92 Å². The van der Waals surface area contributed by atoms with Crippen molar-refractivity contribution in [3.8, 4) is 0 Å². The van der Waals surface area contributed by atoms with E-state index in [9.17, 15) is 0 Å². The summed E-state index contributed by atoms with van der Waals surface area (Å²) in [5.74, 6) is 0.900. The van der Waals surface area contributed by atoms with Crippen molar-refractivity contribution in [3.05, 3.63) is 47.8 Å². The molecule has 0 spiro atoms. The number of nitrogens with two attached hydrogens (primary N) is 1. The first kappa shape index (κ1) is 9.86. The molecule has 2 rings (SSSR count). The fourth-order valence-electron chi connectivity index (χ4n) is 1.57. The molecule has 0 unspecified atom stereocenters. The van der Waals surface area contributed by atoms with Crippen molar-refractivity contribution in [1.29, 1.82) is 0 Å². The number of nitrogens with zero attached hydrogens (tertiary/aromatic N) is 3. The number of pyridine rings is 1. The lowest BCUT2D eigenvalue weighted by atomic mass is 10.2. The van der Waals surface area contributed by atoms with Crippen LogP contribution in [0.15, 0.2) is 30.9 Å². The van der Waals surface area contributed by atoms with Crippen LogP contribution >= 0.6 is 0 Å². The third-order valence-electron chi connectivity index (χ3n) is 2.27. The van der Waals surface area contributed by atoms with Gasteiger partial charge in [-0.15, -0.1) is 0 Å². The van der Waals surface area contributed by atoms with E-state index in [4.69, 9.17) is 5.73 Å². The normalized spacial score (nSPS) is 10.5. The quantitative estimate of drug-likeness (QED) is 0.810. The van der Waals surface area contributed by atoms with Crippen LogP contribution in [0.5, 0.6) is 0 Å². The summed E-state index contributed by atoms with van der Waals surface area (Å²) in [6.45, 7) is 3.28.